The molecule has 17 heavy (non-hydrogen) atoms. The number of benzene rings is 1. The van der Waals surface area contributed by atoms with Gasteiger partial charge in [0.25, 0.3) is 0 Å². The number of nitrogens with zero attached hydrogens (tertiary/aromatic N) is 1. The molecule has 1 aliphatic rings. The van der Waals surface area contributed by atoms with Gasteiger partial charge < -0.3 is 4.74 Å². The predicted molar refractivity (Wildman–Crippen MR) is 74.4 cm³/mol. The zero-order valence-electron chi connectivity index (χ0n) is 9.96. The number of ether oxygens (including phenoxy) is 1. The van der Waals surface area contributed by atoms with Gasteiger partial charge >= 0.3 is 0 Å². The first kappa shape index (κ1) is 13.2. The van der Waals surface area contributed by atoms with Crippen LogP contribution >= 0.6 is 22.6 Å². The lowest BCUT2D eigenvalue weighted by atomic mass is 10.1. The summed E-state index contributed by atoms with van der Waals surface area (Å²) in [6, 6.07) is 5.36. The average Bonchev–Trinajstić information content (AvgIpc) is 2.35. The van der Waals surface area contributed by atoms with Gasteiger partial charge in [0.05, 0.1) is 6.10 Å². The summed E-state index contributed by atoms with van der Waals surface area (Å²) in [5, 5.41) is 0. The van der Waals surface area contributed by atoms with Crippen LogP contribution < -0.4 is 0 Å². The Balaban J connectivity index is 1.91. The minimum Gasteiger partial charge on any atom is -0.381 e. The summed E-state index contributed by atoms with van der Waals surface area (Å²) >= 11 is 2.04. The van der Waals surface area contributed by atoms with Gasteiger partial charge in [0.15, 0.2) is 0 Å². The number of halogens is 2. The summed E-state index contributed by atoms with van der Waals surface area (Å²) < 4.78 is 19.2. The van der Waals surface area contributed by atoms with E-state index in [1.807, 2.05) is 34.7 Å². The second kappa shape index (κ2) is 6.11. The second-order valence-corrected chi connectivity index (χ2v) is 5.62. The molecule has 1 fully saturated rings. The largest absolute Gasteiger partial charge is 0.381 e. The topological polar surface area (TPSA) is 12.5 Å². The van der Waals surface area contributed by atoms with Crippen LogP contribution in [0.25, 0.3) is 0 Å². The highest BCUT2D eigenvalue weighted by Gasteiger charge is 2.18. The first-order valence-corrected chi connectivity index (χ1v) is 6.96. The van der Waals surface area contributed by atoms with Crippen LogP contribution in [0.4, 0.5) is 4.39 Å². The Hall–Kier alpha value is -0.200. The molecule has 0 aliphatic carbocycles. The van der Waals surface area contributed by atoms with E-state index in [2.05, 4.69) is 4.90 Å². The Kier molecular flexibility index (Phi) is 4.76. The third kappa shape index (κ3) is 3.63. The van der Waals surface area contributed by atoms with E-state index < -0.39 is 0 Å². The van der Waals surface area contributed by atoms with E-state index in [1.54, 1.807) is 13.2 Å². The Labute approximate surface area is 115 Å². The first-order valence-electron chi connectivity index (χ1n) is 5.88. The van der Waals surface area contributed by atoms with E-state index in [-0.39, 0.29) is 5.82 Å². The van der Waals surface area contributed by atoms with Crippen LogP contribution in [-0.2, 0) is 11.3 Å². The van der Waals surface area contributed by atoms with E-state index in [4.69, 9.17) is 4.74 Å². The molecule has 1 heterocycles. The van der Waals surface area contributed by atoms with Crippen molar-refractivity contribution in [3.63, 3.8) is 0 Å². The van der Waals surface area contributed by atoms with E-state index in [0.29, 0.717) is 9.67 Å². The van der Waals surface area contributed by atoms with Crippen molar-refractivity contribution in [2.24, 2.45) is 0 Å². The molecular formula is C13H17FINO. The third-order valence-electron chi connectivity index (χ3n) is 3.26. The predicted octanol–water partition coefficient (Wildman–Crippen LogP) is 3.04. The van der Waals surface area contributed by atoms with Crippen molar-refractivity contribution in [2.45, 2.75) is 25.5 Å². The number of methoxy groups -OCH3 is 1. The molecule has 0 bridgehead atoms. The molecule has 0 atom stereocenters. The number of likely N-dealkylation sites (tertiary alicyclic amines) is 1. The Morgan fingerprint density at radius 3 is 2.71 bits per heavy atom. The van der Waals surface area contributed by atoms with E-state index in [0.717, 1.165) is 32.5 Å². The summed E-state index contributed by atoms with van der Waals surface area (Å²) in [6.45, 7) is 3.03. The summed E-state index contributed by atoms with van der Waals surface area (Å²) in [4.78, 5) is 2.40. The highest BCUT2D eigenvalue weighted by molar-refractivity contribution is 14.1. The number of hydrogen-bond donors (Lipinski definition) is 0. The summed E-state index contributed by atoms with van der Waals surface area (Å²) in [7, 11) is 1.78. The van der Waals surface area contributed by atoms with Gasteiger partial charge in [-0.25, -0.2) is 4.39 Å². The van der Waals surface area contributed by atoms with Gasteiger partial charge in [-0.1, -0.05) is 6.07 Å². The van der Waals surface area contributed by atoms with Gasteiger partial charge in [-0.15, -0.1) is 0 Å². The smallest absolute Gasteiger partial charge is 0.136 e. The number of hydrogen-bond acceptors (Lipinski definition) is 2. The quantitative estimate of drug-likeness (QED) is 0.778. The molecule has 2 rings (SSSR count). The fourth-order valence-corrected chi connectivity index (χ4v) is 2.78. The van der Waals surface area contributed by atoms with Crippen molar-refractivity contribution in [3.8, 4) is 0 Å². The molecule has 94 valence electrons. The Morgan fingerprint density at radius 2 is 2.12 bits per heavy atom. The van der Waals surface area contributed by atoms with Crippen molar-refractivity contribution in [2.75, 3.05) is 20.2 Å². The molecule has 0 radical (unpaired) electrons. The van der Waals surface area contributed by atoms with Gasteiger partial charge in [0.1, 0.15) is 5.82 Å². The number of rotatable bonds is 3. The molecule has 0 unspecified atom stereocenters. The fraction of sp³-hybridized carbons (Fsp3) is 0.538. The maximum Gasteiger partial charge on any atom is 0.136 e. The maximum absolute atomic E-state index is 13.1. The SMILES string of the molecule is COC1CCN(Cc2ccc(F)c(I)c2)CC1. The highest BCUT2D eigenvalue weighted by Crippen LogP contribution is 2.18. The molecule has 0 spiro atoms. The standard InChI is InChI=1S/C13H17FINO/c1-17-11-4-6-16(7-5-11)9-10-2-3-12(14)13(15)8-10/h2-3,8,11H,4-7,9H2,1H3. The van der Waals surface area contributed by atoms with Crippen LogP contribution in [0.3, 0.4) is 0 Å². The van der Waals surface area contributed by atoms with Crippen molar-refractivity contribution in [1.82, 2.24) is 4.90 Å². The lowest BCUT2D eigenvalue weighted by molar-refractivity contribution is 0.0388. The maximum atomic E-state index is 13.1. The average molecular weight is 349 g/mol. The van der Waals surface area contributed by atoms with Crippen LogP contribution in [-0.4, -0.2) is 31.2 Å². The van der Waals surface area contributed by atoms with E-state index >= 15 is 0 Å². The molecule has 0 aromatic heterocycles. The zero-order chi connectivity index (χ0) is 12.3. The summed E-state index contributed by atoms with van der Waals surface area (Å²) in [6.07, 6.45) is 2.60. The Morgan fingerprint density at radius 1 is 1.41 bits per heavy atom. The first-order chi connectivity index (χ1) is 8.19. The van der Waals surface area contributed by atoms with Crippen LogP contribution in [0, 0.1) is 9.39 Å². The third-order valence-corrected chi connectivity index (χ3v) is 4.08. The lowest BCUT2D eigenvalue weighted by Crippen LogP contribution is -2.36. The summed E-state index contributed by atoms with van der Waals surface area (Å²) in [5.41, 5.74) is 1.19. The molecule has 1 aromatic rings. The molecule has 2 nitrogen and oxygen atoms in total. The molecule has 0 N–H and O–H groups in total. The van der Waals surface area contributed by atoms with Gasteiger partial charge in [-0.3, -0.25) is 4.90 Å². The molecule has 1 aromatic carbocycles. The van der Waals surface area contributed by atoms with E-state index in [1.165, 1.54) is 5.56 Å². The minimum atomic E-state index is -0.132. The second-order valence-electron chi connectivity index (χ2n) is 4.46. The minimum absolute atomic E-state index is 0.132. The highest BCUT2D eigenvalue weighted by atomic mass is 127. The van der Waals surface area contributed by atoms with Gasteiger partial charge in [0.2, 0.25) is 0 Å². The van der Waals surface area contributed by atoms with Crippen LogP contribution in [0.5, 0.6) is 0 Å². The van der Waals surface area contributed by atoms with Gasteiger partial charge in [-0.05, 0) is 53.1 Å². The van der Waals surface area contributed by atoms with Gasteiger partial charge in [-0.2, -0.15) is 0 Å². The van der Waals surface area contributed by atoms with Crippen molar-refractivity contribution in [3.05, 3.63) is 33.1 Å². The molecule has 1 saturated heterocycles. The molecule has 0 saturated carbocycles. The van der Waals surface area contributed by atoms with Crippen molar-refractivity contribution >= 4 is 22.6 Å². The van der Waals surface area contributed by atoms with Crippen LogP contribution in [0.1, 0.15) is 18.4 Å². The fourth-order valence-electron chi connectivity index (χ4n) is 2.20. The molecule has 0 amide bonds. The zero-order valence-corrected chi connectivity index (χ0v) is 12.1. The van der Waals surface area contributed by atoms with Crippen molar-refractivity contribution < 1.29 is 9.13 Å². The Bertz CT molecular complexity index is 378. The molecule has 4 heteroatoms. The lowest BCUT2D eigenvalue weighted by Gasteiger charge is -2.31. The van der Waals surface area contributed by atoms with E-state index in [9.17, 15) is 4.39 Å². The molecular weight excluding hydrogens is 332 g/mol. The summed E-state index contributed by atoms with van der Waals surface area (Å²) in [5.74, 6) is -0.132. The normalized spacial score (nSPS) is 18.5. The van der Waals surface area contributed by atoms with Gasteiger partial charge in [0, 0.05) is 30.3 Å². The number of piperidine rings is 1. The van der Waals surface area contributed by atoms with Crippen molar-refractivity contribution in [1.29, 1.82) is 0 Å². The molecule has 1 aliphatic heterocycles. The van der Waals surface area contributed by atoms with Crippen LogP contribution in [0.2, 0.25) is 0 Å². The monoisotopic (exact) mass is 349 g/mol. The van der Waals surface area contributed by atoms with Crippen LogP contribution in [0.15, 0.2) is 18.2 Å².